The fraction of sp³-hybridized carbons (Fsp3) is 0.240. The quantitative estimate of drug-likeness (QED) is 0.449. The van der Waals surface area contributed by atoms with Crippen molar-refractivity contribution in [2.75, 3.05) is 43.5 Å². The van der Waals surface area contributed by atoms with E-state index in [-0.39, 0.29) is 6.54 Å². The summed E-state index contributed by atoms with van der Waals surface area (Å²) in [7, 11) is 1.53. The zero-order valence-corrected chi connectivity index (χ0v) is 18.7. The molecule has 2 aromatic heterocycles. The summed E-state index contributed by atoms with van der Waals surface area (Å²) in [5.74, 6) is 0.0883. The van der Waals surface area contributed by atoms with Gasteiger partial charge in [-0.1, -0.05) is 12.1 Å². The van der Waals surface area contributed by atoms with Crippen LogP contribution in [0.3, 0.4) is 0 Å². The standard InChI is InChI=1S/C25H24F2N6O/c1-34-25-23(29-13-17-2-4-19(26)12-21(17)27)11-18(14-30-25)16-3-5-22-20(10-16)24(32-15-31-22)33-8-6-28-7-9-33/h2-5,10-12,14-15,28-29H,6-9,13H2,1H3. The second kappa shape index (κ2) is 9.56. The highest BCUT2D eigenvalue weighted by atomic mass is 19.1. The number of halogens is 2. The molecule has 4 aromatic rings. The maximum absolute atomic E-state index is 14.1. The normalized spacial score (nSPS) is 13.8. The summed E-state index contributed by atoms with van der Waals surface area (Å²) in [6.45, 7) is 3.75. The van der Waals surface area contributed by atoms with Crippen LogP contribution in [0.25, 0.3) is 22.0 Å². The molecule has 0 bridgehead atoms. The van der Waals surface area contributed by atoms with E-state index < -0.39 is 11.6 Å². The lowest BCUT2D eigenvalue weighted by atomic mass is 10.0. The van der Waals surface area contributed by atoms with Gasteiger partial charge in [0.2, 0.25) is 5.88 Å². The molecule has 0 saturated carbocycles. The van der Waals surface area contributed by atoms with Crippen LogP contribution in [0.4, 0.5) is 20.3 Å². The Morgan fingerprint density at radius 3 is 2.65 bits per heavy atom. The predicted octanol–water partition coefficient (Wildman–Crippen LogP) is 4.00. The van der Waals surface area contributed by atoms with E-state index in [1.165, 1.54) is 19.2 Å². The van der Waals surface area contributed by atoms with Crippen molar-refractivity contribution in [3.63, 3.8) is 0 Å². The van der Waals surface area contributed by atoms with Crippen molar-refractivity contribution < 1.29 is 13.5 Å². The average Bonchev–Trinajstić information content (AvgIpc) is 2.88. The third-order valence-corrected chi connectivity index (χ3v) is 5.89. The monoisotopic (exact) mass is 462 g/mol. The lowest BCUT2D eigenvalue weighted by Crippen LogP contribution is -2.44. The van der Waals surface area contributed by atoms with Gasteiger partial charge in [0, 0.05) is 61.5 Å². The minimum atomic E-state index is -0.608. The average molecular weight is 463 g/mol. The van der Waals surface area contributed by atoms with Crippen LogP contribution in [0.2, 0.25) is 0 Å². The molecular formula is C25H24F2N6O. The van der Waals surface area contributed by atoms with E-state index in [9.17, 15) is 8.78 Å². The van der Waals surface area contributed by atoms with E-state index in [0.717, 1.165) is 60.1 Å². The maximum Gasteiger partial charge on any atom is 0.237 e. The molecule has 3 heterocycles. The van der Waals surface area contributed by atoms with Crippen molar-refractivity contribution in [1.29, 1.82) is 0 Å². The van der Waals surface area contributed by atoms with Gasteiger partial charge in [-0.05, 0) is 29.8 Å². The molecule has 1 saturated heterocycles. The van der Waals surface area contributed by atoms with Gasteiger partial charge >= 0.3 is 0 Å². The van der Waals surface area contributed by atoms with Gasteiger partial charge < -0.3 is 20.3 Å². The molecule has 1 fully saturated rings. The number of hydrogen-bond acceptors (Lipinski definition) is 7. The van der Waals surface area contributed by atoms with E-state index in [1.807, 2.05) is 18.2 Å². The third-order valence-electron chi connectivity index (χ3n) is 5.89. The molecule has 0 spiro atoms. The topological polar surface area (TPSA) is 75.2 Å². The Balaban J connectivity index is 1.47. The van der Waals surface area contributed by atoms with E-state index >= 15 is 0 Å². The van der Waals surface area contributed by atoms with Gasteiger partial charge in [0.25, 0.3) is 0 Å². The number of nitrogens with zero attached hydrogens (tertiary/aromatic N) is 4. The van der Waals surface area contributed by atoms with Crippen LogP contribution in [0, 0.1) is 11.6 Å². The number of pyridine rings is 1. The number of methoxy groups -OCH3 is 1. The van der Waals surface area contributed by atoms with Gasteiger partial charge in [-0.15, -0.1) is 0 Å². The molecule has 1 aliphatic heterocycles. The van der Waals surface area contributed by atoms with Gasteiger partial charge in [-0.3, -0.25) is 0 Å². The Morgan fingerprint density at radius 2 is 1.85 bits per heavy atom. The van der Waals surface area contributed by atoms with Crippen LogP contribution < -0.4 is 20.3 Å². The molecule has 0 radical (unpaired) electrons. The lowest BCUT2D eigenvalue weighted by Gasteiger charge is -2.29. The van der Waals surface area contributed by atoms with E-state index in [1.54, 1.807) is 12.5 Å². The summed E-state index contributed by atoms with van der Waals surface area (Å²) in [4.78, 5) is 15.7. The molecule has 7 nitrogen and oxygen atoms in total. The number of hydrogen-bond donors (Lipinski definition) is 2. The van der Waals surface area contributed by atoms with Crippen molar-refractivity contribution in [2.45, 2.75) is 6.54 Å². The van der Waals surface area contributed by atoms with Crippen LogP contribution in [-0.2, 0) is 6.54 Å². The fourth-order valence-electron chi connectivity index (χ4n) is 4.11. The molecular weight excluding hydrogens is 438 g/mol. The molecule has 2 N–H and O–H groups in total. The number of aromatic nitrogens is 3. The van der Waals surface area contributed by atoms with E-state index in [2.05, 4.69) is 36.6 Å². The van der Waals surface area contributed by atoms with Crippen molar-refractivity contribution in [1.82, 2.24) is 20.3 Å². The fourth-order valence-corrected chi connectivity index (χ4v) is 4.11. The summed E-state index contributed by atoms with van der Waals surface area (Å²) in [6, 6.07) is 11.5. The number of ether oxygens (including phenoxy) is 1. The minimum Gasteiger partial charge on any atom is -0.480 e. The molecule has 9 heteroatoms. The Hall–Kier alpha value is -3.85. The van der Waals surface area contributed by atoms with Gasteiger partial charge in [-0.25, -0.2) is 23.7 Å². The lowest BCUT2D eigenvalue weighted by molar-refractivity contribution is 0.400. The Morgan fingerprint density at radius 1 is 1.00 bits per heavy atom. The molecule has 1 aliphatic rings. The van der Waals surface area contributed by atoms with Gasteiger partial charge in [0.05, 0.1) is 18.3 Å². The molecule has 34 heavy (non-hydrogen) atoms. The molecule has 0 aliphatic carbocycles. The van der Waals surface area contributed by atoms with Crippen LogP contribution in [-0.4, -0.2) is 48.2 Å². The van der Waals surface area contributed by atoms with Gasteiger partial charge in [0.15, 0.2) is 0 Å². The maximum atomic E-state index is 14.1. The zero-order chi connectivity index (χ0) is 23.5. The highest BCUT2D eigenvalue weighted by Crippen LogP contribution is 2.32. The largest absolute Gasteiger partial charge is 0.480 e. The number of fused-ring (bicyclic) bond motifs is 1. The van der Waals surface area contributed by atoms with E-state index in [0.29, 0.717) is 17.1 Å². The van der Waals surface area contributed by atoms with Crippen molar-refractivity contribution in [3.8, 4) is 17.0 Å². The smallest absolute Gasteiger partial charge is 0.237 e. The minimum absolute atomic E-state index is 0.159. The summed E-state index contributed by atoms with van der Waals surface area (Å²) in [5.41, 5.74) is 3.64. The summed E-state index contributed by atoms with van der Waals surface area (Å²) in [6.07, 6.45) is 3.34. The van der Waals surface area contributed by atoms with Crippen LogP contribution in [0.15, 0.2) is 55.0 Å². The predicted molar refractivity (Wildman–Crippen MR) is 128 cm³/mol. The number of benzene rings is 2. The molecule has 5 rings (SSSR count). The molecule has 0 amide bonds. The van der Waals surface area contributed by atoms with Crippen LogP contribution >= 0.6 is 0 Å². The second-order valence-electron chi connectivity index (χ2n) is 8.04. The first-order valence-corrected chi connectivity index (χ1v) is 11.0. The molecule has 2 aromatic carbocycles. The number of rotatable bonds is 6. The summed E-state index contributed by atoms with van der Waals surface area (Å²) < 4.78 is 32.7. The van der Waals surface area contributed by atoms with Crippen molar-refractivity contribution in [3.05, 3.63) is 72.2 Å². The zero-order valence-electron chi connectivity index (χ0n) is 18.7. The Kier molecular flexibility index (Phi) is 6.18. The number of nitrogens with one attached hydrogen (secondary N) is 2. The Labute approximate surface area is 195 Å². The SMILES string of the molecule is COc1ncc(-c2ccc3ncnc(N4CCNCC4)c3c2)cc1NCc1ccc(F)cc1F. The molecule has 0 unspecified atom stereocenters. The van der Waals surface area contributed by atoms with Crippen LogP contribution in [0.5, 0.6) is 5.88 Å². The first kappa shape index (κ1) is 22.0. The summed E-state index contributed by atoms with van der Waals surface area (Å²) >= 11 is 0. The second-order valence-corrected chi connectivity index (χ2v) is 8.04. The van der Waals surface area contributed by atoms with Gasteiger partial charge in [-0.2, -0.15) is 0 Å². The Bertz CT molecular complexity index is 1330. The first-order chi connectivity index (χ1) is 16.6. The summed E-state index contributed by atoms with van der Waals surface area (Å²) in [5, 5.41) is 7.50. The van der Waals surface area contributed by atoms with Crippen molar-refractivity contribution >= 4 is 22.4 Å². The first-order valence-electron chi connectivity index (χ1n) is 11.0. The molecule has 0 atom stereocenters. The van der Waals surface area contributed by atoms with E-state index in [4.69, 9.17) is 4.74 Å². The van der Waals surface area contributed by atoms with Crippen molar-refractivity contribution in [2.24, 2.45) is 0 Å². The highest BCUT2D eigenvalue weighted by Gasteiger charge is 2.16. The third kappa shape index (κ3) is 4.47. The van der Waals surface area contributed by atoms with Crippen LogP contribution in [0.1, 0.15) is 5.56 Å². The number of piperazine rings is 1. The molecule has 174 valence electrons. The van der Waals surface area contributed by atoms with Gasteiger partial charge in [0.1, 0.15) is 23.8 Å². The highest BCUT2D eigenvalue weighted by molar-refractivity contribution is 5.93. The number of anilines is 2.